The van der Waals surface area contributed by atoms with Gasteiger partial charge in [-0.2, -0.15) is 0 Å². The molecule has 2 aromatic rings. The van der Waals surface area contributed by atoms with Crippen molar-refractivity contribution in [3.05, 3.63) is 77.5 Å². The predicted octanol–water partition coefficient (Wildman–Crippen LogP) is 5.11. The minimum absolute atomic E-state index is 0.298. The van der Waals surface area contributed by atoms with E-state index < -0.39 is 31.8 Å². The quantitative estimate of drug-likeness (QED) is 0.400. The second-order valence-corrected chi connectivity index (χ2v) is 14.1. The average Bonchev–Trinajstić information content (AvgIpc) is 2.78. The molecule has 1 unspecified atom stereocenters. The molecule has 0 bridgehead atoms. The zero-order valence-electron chi connectivity index (χ0n) is 20.9. The molecule has 1 amide bonds. The molecule has 33 heavy (non-hydrogen) atoms. The number of hydrogen-bond acceptors (Lipinski definition) is 4. The summed E-state index contributed by atoms with van der Waals surface area (Å²) in [7, 11) is -0.745. The summed E-state index contributed by atoms with van der Waals surface area (Å²) in [5.41, 5.74) is 0.258. The van der Waals surface area contributed by atoms with Crippen molar-refractivity contribution in [2.75, 3.05) is 13.7 Å². The summed E-state index contributed by atoms with van der Waals surface area (Å²) >= 11 is 0. The topological polar surface area (TPSA) is 55.8 Å². The van der Waals surface area contributed by atoms with Crippen LogP contribution in [0.4, 0.5) is 4.79 Å². The lowest BCUT2D eigenvalue weighted by atomic mass is 10.0. The minimum atomic E-state index is -2.10. The fourth-order valence-electron chi connectivity index (χ4n) is 3.79. The Hall–Kier alpha value is -2.86. The van der Waals surface area contributed by atoms with Crippen LogP contribution in [0.5, 0.6) is 0 Å². The highest BCUT2D eigenvalue weighted by Crippen LogP contribution is 2.22. The Morgan fingerprint density at radius 2 is 1.55 bits per heavy atom. The van der Waals surface area contributed by atoms with Gasteiger partial charge in [-0.15, -0.1) is 0 Å². The van der Waals surface area contributed by atoms with Crippen LogP contribution in [0.25, 0.3) is 0 Å². The fourth-order valence-corrected chi connectivity index (χ4v) is 6.47. The largest absolute Gasteiger partial charge is 0.467 e. The highest BCUT2D eigenvalue weighted by Gasteiger charge is 2.37. The molecule has 2 aromatic carbocycles. The van der Waals surface area contributed by atoms with Crippen molar-refractivity contribution >= 4 is 25.3 Å². The number of carbonyl (C=O) groups excluding carboxylic acids is 2. The zero-order chi connectivity index (χ0) is 24.6. The van der Waals surface area contributed by atoms with E-state index in [0.29, 0.717) is 13.0 Å². The highest BCUT2D eigenvalue weighted by molar-refractivity contribution is 6.95. The molecule has 1 atom stereocenters. The van der Waals surface area contributed by atoms with Crippen molar-refractivity contribution in [1.29, 1.82) is 0 Å². The summed E-state index contributed by atoms with van der Waals surface area (Å²) in [5, 5.41) is 2.40. The van der Waals surface area contributed by atoms with Gasteiger partial charge < -0.3 is 9.47 Å². The number of rotatable bonds is 8. The third kappa shape index (κ3) is 7.32. The third-order valence-electron chi connectivity index (χ3n) is 5.74. The Kier molecular flexibility index (Phi) is 9.05. The normalized spacial score (nSPS) is 13.2. The number of ether oxygens (including phenoxy) is 2. The van der Waals surface area contributed by atoms with E-state index in [-0.39, 0.29) is 0 Å². The van der Waals surface area contributed by atoms with Gasteiger partial charge in [-0.05, 0) is 33.3 Å². The second kappa shape index (κ2) is 11.3. The van der Waals surface area contributed by atoms with Gasteiger partial charge in [0.25, 0.3) is 0 Å². The SMILES string of the molecule is C/C=C(/CN(C(=O)OC(C)(C)C)C(Cc1ccccc1)C(=O)OC)[Si](C)(C)c1ccccc1. The molecule has 0 saturated carbocycles. The molecule has 2 rings (SSSR count). The van der Waals surface area contributed by atoms with Crippen LogP contribution in [0.2, 0.25) is 13.1 Å². The van der Waals surface area contributed by atoms with E-state index in [1.807, 2.05) is 76.2 Å². The van der Waals surface area contributed by atoms with Crippen LogP contribution >= 0.6 is 0 Å². The van der Waals surface area contributed by atoms with Gasteiger partial charge in [-0.1, -0.05) is 90.2 Å². The number of benzene rings is 2. The van der Waals surface area contributed by atoms with Crippen molar-refractivity contribution in [3.63, 3.8) is 0 Å². The lowest BCUT2D eigenvalue weighted by Crippen LogP contribution is -2.53. The Labute approximate surface area is 199 Å². The van der Waals surface area contributed by atoms with E-state index in [2.05, 4.69) is 31.3 Å². The van der Waals surface area contributed by atoms with Crippen molar-refractivity contribution in [1.82, 2.24) is 4.90 Å². The van der Waals surface area contributed by atoms with Gasteiger partial charge in [0.1, 0.15) is 19.7 Å². The first-order valence-electron chi connectivity index (χ1n) is 11.3. The van der Waals surface area contributed by atoms with Crippen LogP contribution in [0.3, 0.4) is 0 Å². The first kappa shape index (κ1) is 26.4. The molecule has 0 aromatic heterocycles. The molecule has 0 aliphatic rings. The summed E-state index contributed by atoms with van der Waals surface area (Å²) < 4.78 is 10.9. The molecule has 0 heterocycles. The lowest BCUT2D eigenvalue weighted by Gasteiger charge is -2.36. The molecular weight excluding hydrogens is 430 g/mol. The van der Waals surface area contributed by atoms with E-state index in [1.165, 1.54) is 17.2 Å². The van der Waals surface area contributed by atoms with E-state index >= 15 is 0 Å². The maximum Gasteiger partial charge on any atom is 0.411 e. The highest BCUT2D eigenvalue weighted by atomic mass is 28.3. The van der Waals surface area contributed by atoms with Crippen LogP contribution in [0.1, 0.15) is 33.3 Å². The number of hydrogen-bond donors (Lipinski definition) is 0. The van der Waals surface area contributed by atoms with Gasteiger partial charge >= 0.3 is 12.1 Å². The number of allylic oxidation sites excluding steroid dienone is 1. The standard InChI is InChI=1S/C27H37NO4Si/c1-8-22(33(6,7)23-17-13-10-14-18-23)20-28(26(30)32-27(2,3)4)24(25(29)31-5)19-21-15-11-9-12-16-21/h8-18,24H,19-20H2,1-7H3/b22-8-. The van der Waals surface area contributed by atoms with E-state index in [1.54, 1.807) is 0 Å². The monoisotopic (exact) mass is 467 g/mol. The number of nitrogens with zero attached hydrogens (tertiary/aromatic N) is 1. The molecule has 0 aliphatic carbocycles. The van der Waals surface area contributed by atoms with E-state index in [0.717, 1.165) is 10.8 Å². The third-order valence-corrected chi connectivity index (χ3v) is 9.57. The molecule has 0 radical (unpaired) electrons. The molecule has 0 fully saturated rings. The Morgan fingerprint density at radius 1 is 1.00 bits per heavy atom. The van der Waals surface area contributed by atoms with Crippen LogP contribution < -0.4 is 5.19 Å². The first-order valence-corrected chi connectivity index (χ1v) is 14.3. The summed E-state index contributed by atoms with van der Waals surface area (Å²) in [6, 6.07) is 19.2. The van der Waals surface area contributed by atoms with Crippen LogP contribution in [-0.2, 0) is 20.7 Å². The van der Waals surface area contributed by atoms with E-state index in [4.69, 9.17) is 9.47 Å². The second-order valence-electron chi connectivity index (χ2n) is 9.64. The first-order chi connectivity index (χ1) is 15.5. The van der Waals surface area contributed by atoms with Gasteiger partial charge in [0.15, 0.2) is 0 Å². The molecule has 0 spiro atoms. The maximum absolute atomic E-state index is 13.4. The minimum Gasteiger partial charge on any atom is -0.467 e. The van der Waals surface area contributed by atoms with Gasteiger partial charge in [0.2, 0.25) is 0 Å². The number of methoxy groups -OCH3 is 1. The smallest absolute Gasteiger partial charge is 0.411 e. The molecule has 178 valence electrons. The molecule has 0 saturated heterocycles. The van der Waals surface area contributed by atoms with Crippen molar-refractivity contribution in [2.45, 2.75) is 58.9 Å². The molecule has 5 nitrogen and oxygen atoms in total. The Balaban J connectivity index is 2.48. The molecule has 0 aliphatic heterocycles. The fraction of sp³-hybridized carbons (Fsp3) is 0.407. The summed E-state index contributed by atoms with van der Waals surface area (Å²) in [6.45, 7) is 12.3. The van der Waals surface area contributed by atoms with Crippen molar-refractivity contribution in [2.24, 2.45) is 0 Å². The average molecular weight is 468 g/mol. The van der Waals surface area contributed by atoms with Crippen molar-refractivity contribution < 1.29 is 19.1 Å². The Morgan fingerprint density at radius 3 is 2.03 bits per heavy atom. The van der Waals surface area contributed by atoms with Gasteiger partial charge in [0, 0.05) is 13.0 Å². The Bertz CT molecular complexity index is 949. The lowest BCUT2D eigenvalue weighted by molar-refractivity contribution is -0.146. The number of carbonyl (C=O) groups is 2. The summed E-state index contributed by atoms with van der Waals surface area (Å²) in [4.78, 5) is 27.9. The zero-order valence-corrected chi connectivity index (χ0v) is 21.9. The number of esters is 1. The van der Waals surface area contributed by atoms with Crippen LogP contribution in [0.15, 0.2) is 71.9 Å². The predicted molar refractivity (Wildman–Crippen MR) is 136 cm³/mol. The van der Waals surface area contributed by atoms with Gasteiger partial charge in [-0.3, -0.25) is 4.90 Å². The van der Waals surface area contributed by atoms with Gasteiger partial charge in [0.05, 0.1) is 7.11 Å². The van der Waals surface area contributed by atoms with Crippen molar-refractivity contribution in [3.8, 4) is 0 Å². The molecule has 6 heteroatoms. The van der Waals surface area contributed by atoms with E-state index in [9.17, 15) is 9.59 Å². The molecular formula is C27H37NO4Si. The number of amides is 1. The maximum atomic E-state index is 13.4. The van der Waals surface area contributed by atoms with Crippen LogP contribution in [0, 0.1) is 0 Å². The molecule has 0 N–H and O–H groups in total. The summed E-state index contributed by atoms with van der Waals surface area (Å²) in [6.07, 6.45) is 1.90. The van der Waals surface area contributed by atoms with Crippen LogP contribution in [-0.4, -0.2) is 50.3 Å². The van der Waals surface area contributed by atoms with Gasteiger partial charge in [-0.25, -0.2) is 9.59 Å². The summed E-state index contributed by atoms with van der Waals surface area (Å²) in [5.74, 6) is -0.459.